The molecule has 0 bridgehead atoms. The zero-order valence-corrected chi connectivity index (χ0v) is 12.2. The number of nitrogens with two attached hydrogens (primary N) is 1. The van der Waals surface area contributed by atoms with Crippen molar-refractivity contribution in [1.82, 2.24) is 10.3 Å². The lowest BCUT2D eigenvalue weighted by atomic mass is 9.93. The van der Waals surface area contributed by atoms with Crippen LogP contribution in [0.1, 0.15) is 30.6 Å². The fourth-order valence-electron chi connectivity index (χ4n) is 2.52. The fourth-order valence-corrected chi connectivity index (χ4v) is 2.52. The molecule has 1 saturated heterocycles. The van der Waals surface area contributed by atoms with Gasteiger partial charge in [0.05, 0.1) is 0 Å². The summed E-state index contributed by atoms with van der Waals surface area (Å²) in [5.74, 6) is 5.51. The van der Waals surface area contributed by atoms with Crippen LogP contribution >= 0.6 is 0 Å². The van der Waals surface area contributed by atoms with Crippen LogP contribution in [-0.4, -0.2) is 37.0 Å². The van der Waals surface area contributed by atoms with Crippen molar-refractivity contribution in [1.29, 1.82) is 0 Å². The lowest BCUT2D eigenvalue weighted by Gasteiger charge is -2.19. The van der Waals surface area contributed by atoms with Gasteiger partial charge in [0.2, 0.25) is 0 Å². The van der Waals surface area contributed by atoms with Gasteiger partial charge in [-0.25, -0.2) is 5.84 Å². The summed E-state index contributed by atoms with van der Waals surface area (Å²) in [6.07, 6.45) is 1.24. The third kappa shape index (κ3) is 3.95. The van der Waals surface area contributed by atoms with Gasteiger partial charge in [0.25, 0.3) is 5.91 Å². The standard InChI is InChI=1S/C15H23N3O2/c1-15(2)6-7-18(11-15)8-9-20-13-5-3-4-12(10-13)14(19)17-16/h3-5,10H,6-9,11,16H2,1-2H3,(H,17,19). The molecule has 0 radical (unpaired) electrons. The van der Waals surface area contributed by atoms with Crippen LogP contribution in [0.15, 0.2) is 24.3 Å². The smallest absolute Gasteiger partial charge is 0.265 e. The number of hydrogen-bond acceptors (Lipinski definition) is 4. The molecule has 1 aromatic rings. The molecule has 1 aliphatic rings. The van der Waals surface area contributed by atoms with Crippen LogP contribution in [0.25, 0.3) is 0 Å². The first-order chi connectivity index (χ1) is 9.50. The van der Waals surface area contributed by atoms with Gasteiger partial charge >= 0.3 is 0 Å². The number of nitrogens with zero attached hydrogens (tertiary/aromatic N) is 1. The second-order valence-electron chi connectivity index (χ2n) is 6.04. The number of carbonyl (C=O) groups is 1. The minimum absolute atomic E-state index is 0.309. The Bertz CT molecular complexity index is 474. The number of ether oxygens (including phenoxy) is 1. The maximum Gasteiger partial charge on any atom is 0.265 e. The average Bonchev–Trinajstić information content (AvgIpc) is 2.78. The second kappa shape index (κ2) is 6.24. The Morgan fingerprint density at radius 2 is 2.30 bits per heavy atom. The van der Waals surface area contributed by atoms with Crippen molar-refractivity contribution < 1.29 is 9.53 Å². The molecule has 1 amide bonds. The van der Waals surface area contributed by atoms with Gasteiger partial charge in [-0.2, -0.15) is 0 Å². The van der Waals surface area contributed by atoms with Crippen molar-refractivity contribution in [2.45, 2.75) is 20.3 Å². The molecule has 1 aliphatic heterocycles. The number of nitrogens with one attached hydrogen (secondary N) is 1. The molecule has 110 valence electrons. The minimum Gasteiger partial charge on any atom is -0.492 e. The average molecular weight is 277 g/mol. The maximum absolute atomic E-state index is 11.4. The van der Waals surface area contributed by atoms with Crippen LogP contribution in [0.5, 0.6) is 5.75 Å². The predicted octanol–water partition coefficient (Wildman–Crippen LogP) is 1.40. The molecule has 3 N–H and O–H groups in total. The van der Waals surface area contributed by atoms with Crippen LogP contribution in [0.4, 0.5) is 0 Å². The van der Waals surface area contributed by atoms with E-state index in [0.29, 0.717) is 23.3 Å². The Morgan fingerprint density at radius 1 is 1.50 bits per heavy atom. The molecule has 1 fully saturated rings. The van der Waals surface area contributed by atoms with E-state index in [1.54, 1.807) is 18.2 Å². The lowest BCUT2D eigenvalue weighted by Crippen LogP contribution is -2.30. The number of likely N-dealkylation sites (tertiary alicyclic amines) is 1. The highest BCUT2D eigenvalue weighted by molar-refractivity contribution is 5.94. The first kappa shape index (κ1) is 14.8. The molecule has 0 aliphatic carbocycles. The van der Waals surface area contributed by atoms with E-state index in [1.165, 1.54) is 6.42 Å². The third-order valence-corrected chi connectivity index (χ3v) is 3.66. The highest BCUT2D eigenvalue weighted by Crippen LogP contribution is 2.28. The summed E-state index contributed by atoms with van der Waals surface area (Å²) < 4.78 is 5.71. The molecule has 0 unspecified atom stereocenters. The zero-order chi connectivity index (χ0) is 14.6. The maximum atomic E-state index is 11.4. The molecular formula is C15H23N3O2. The summed E-state index contributed by atoms with van der Waals surface area (Å²) >= 11 is 0. The van der Waals surface area contributed by atoms with Crippen LogP contribution in [0.2, 0.25) is 0 Å². The number of rotatable bonds is 5. The van der Waals surface area contributed by atoms with E-state index in [2.05, 4.69) is 24.2 Å². The van der Waals surface area contributed by atoms with E-state index in [1.807, 2.05) is 6.07 Å². The first-order valence-corrected chi connectivity index (χ1v) is 6.96. The van der Waals surface area contributed by atoms with Gasteiger partial charge in [0, 0.05) is 18.7 Å². The van der Waals surface area contributed by atoms with Gasteiger partial charge in [-0.3, -0.25) is 15.1 Å². The quantitative estimate of drug-likeness (QED) is 0.485. The Balaban J connectivity index is 1.81. The molecule has 2 rings (SSSR count). The van der Waals surface area contributed by atoms with Crippen molar-refractivity contribution in [3.63, 3.8) is 0 Å². The van der Waals surface area contributed by atoms with E-state index in [9.17, 15) is 4.79 Å². The lowest BCUT2D eigenvalue weighted by molar-refractivity contribution is 0.0953. The molecule has 1 aromatic carbocycles. The summed E-state index contributed by atoms with van der Waals surface area (Å²) in [6.45, 7) is 8.38. The van der Waals surface area contributed by atoms with Gasteiger partial charge in [0.15, 0.2) is 0 Å². The molecule has 0 atom stereocenters. The van der Waals surface area contributed by atoms with Gasteiger partial charge in [-0.05, 0) is 36.6 Å². The van der Waals surface area contributed by atoms with Gasteiger partial charge in [-0.15, -0.1) is 0 Å². The third-order valence-electron chi connectivity index (χ3n) is 3.66. The Hall–Kier alpha value is -1.59. The van der Waals surface area contributed by atoms with Crippen molar-refractivity contribution in [3.05, 3.63) is 29.8 Å². The predicted molar refractivity (Wildman–Crippen MR) is 78.4 cm³/mol. The van der Waals surface area contributed by atoms with E-state index < -0.39 is 0 Å². The largest absolute Gasteiger partial charge is 0.492 e. The summed E-state index contributed by atoms with van der Waals surface area (Å²) in [6, 6.07) is 7.05. The zero-order valence-electron chi connectivity index (χ0n) is 12.2. The monoisotopic (exact) mass is 277 g/mol. The molecule has 5 heteroatoms. The summed E-state index contributed by atoms with van der Waals surface area (Å²) in [7, 11) is 0. The molecule has 20 heavy (non-hydrogen) atoms. The Kier molecular flexibility index (Phi) is 4.62. The molecule has 0 saturated carbocycles. The molecule has 0 aromatic heterocycles. The highest BCUT2D eigenvalue weighted by Gasteiger charge is 2.28. The normalized spacial score (nSPS) is 17.9. The van der Waals surface area contributed by atoms with Gasteiger partial charge < -0.3 is 4.74 Å². The topological polar surface area (TPSA) is 67.6 Å². The number of nitrogen functional groups attached to an aromatic ring is 1. The number of hydrogen-bond donors (Lipinski definition) is 2. The molecule has 5 nitrogen and oxygen atoms in total. The van der Waals surface area contributed by atoms with E-state index in [4.69, 9.17) is 10.6 Å². The van der Waals surface area contributed by atoms with Gasteiger partial charge in [0.1, 0.15) is 12.4 Å². The number of amides is 1. The SMILES string of the molecule is CC1(C)CCN(CCOc2cccc(C(=O)NN)c2)C1. The summed E-state index contributed by atoms with van der Waals surface area (Å²) in [5.41, 5.74) is 3.04. The van der Waals surface area contributed by atoms with Crippen LogP contribution in [0.3, 0.4) is 0 Å². The Morgan fingerprint density at radius 3 is 2.95 bits per heavy atom. The van der Waals surface area contributed by atoms with Crippen molar-refractivity contribution in [2.75, 3.05) is 26.2 Å². The van der Waals surface area contributed by atoms with Crippen molar-refractivity contribution in [3.8, 4) is 5.75 Å². The van der Waals surface area contributed by atoms with E-state index in [0.717, 1.165) is 19.6 Å². The molecular weight excluding hydrogens is 254 g/mol. The van der Waals surface area contributed by atoms with Gasteiger partial charge in [-0.1, -0.05) is 19.9 Å². The minimum atomic E-state index is -0.309. The van der Waals surface area contributed by atoms with E-state index >= 15 is 0 Å². The number of hydrazine groups is 1. The van der Waals surface area contributed by atoms with Crippen LogP contribution in [0, 0.1) is 5.41 Å². The van der Waals surface area contributed by atoms with E-state index in [-0.39, 0.29) is 5.91 Å². The van der Waals surface area contributed by atoms with Crippen molar-refractivity contribution in [2.24, 2.45) is 11.3 Å². The summed E-state index contributed by atoms with van der Waals surface area (Å²) in [4.78, 5) is 13.8. The van der Waals surface area contributed by atoms with Crippen LogP contribution in [-0.2, 0) is 0 Å². The van der Waals surface area contributed by atoms with Crippen LogP contribution < -0.4 is 16.0 Å². The molecule has 1 heterocycles. The first-order valence-electron chi connectivity index (χ1n) is 6.96. The number of carbonyl (C=O) groups excluding carboxylic acids is 1. The molecule has 0 spiro atoms. The van der Waals surface area contributed by atoms with Crippen molar-refractivity contribution >= 4 is 5.91 Å². The second-order valence-corrected chi connectivity index (χ2v) is 6.04. The summed E-state index contributed by atoms with van der Waals surface area (Å²) in [5, 5.41) is 0. The number of benzene rings is 1. The fraction of sp³-hybridized carbons (Fsp3) is 0.533. The Labute approximate surface area is 120 Å². The highest BCUT2D eigenvalue weighted by atomic mass is 16.5.